The highest BCUT2D eigenvalue weighted by Crippen LogP contribution is 2.32. The minimum atomic E-state index is 0.0568. The van der Waals surface area contributed by atoms with Crippen LogP contribution in [0.25, 0.3) is 6.08 Å². The summed E-state index contributed by atoms with van der Waals surface area (Å²) in [5, 5.41) is 0. The molecule has 120 valence electrons. The minimum absolute atomic E-state index is 0.0568. The molecule has 0 aromatic heterocycles. The number of hydrogen-bond acceptors (Lipinski definition) is 3. The largest absolute Gasteiger partial charge is 0.454 e. The predicted molar refractivity (Wildman–Crippen MR) is 88.0 cm³/mol. The van der Waals surface area contributed by atoms with E-state index in [1.807, 2.05) is 29.2 Å². The minimum Gasteiger partial charge on any atom is -0.454 e. The molecule has 1 aromatic carbocycles. The van der Waals surface area contributed by atoms with E-state index in [0.717, 1.165) is 29.9 Å². The Morgan fingerprint density at radius 3 is 2.45 bits per heavy atom. The zero-order chi connectivity index (χ0) is 16.1. The summed E-state index contributed by atoms with van der Waals surface area (Å²) in [6.45, 7) is 8.66. The summed E-state index contributed by atoms with van der Waals surface area (Å²) in [6, 6.07) is 6.16. The molecule has 0 bridgehead atoms. The van der Waals surface area contributed by atoms with Gasteiger partial charge in [0, 0.05) is 18.2 Å². The van der Waals surface area contributed by atoms with Crippen molar-refractivity contribution in [1.82, 2.24) is 4.90 Å². The lowest BCUT2D eigenvalue weighted by atomic mass is 10.1. The van der Waals surface area contributed by atoms with Crippen molar-refractivity contribution < 1.29 is 14.3 Å². The molecule has 0 saturated carbocycles. The van der Waals surface area contributed by atoms with Crippen molar-refractivity contribution in [2.75, 3.05) is 6.79 Å². The Balaban J connectivity index is 2.11. The number of fused-ring (bicyclic) bond motifs is 1. The van der Waals surface area contributed by atoms with Crippen LogP contribution in [0.3, 0.4) is 0 Å². The molecular weight excluding hydrogens is 278 g/mol. The van der Waals surface area contributed by atoms with E-state index in [2.05, 4.69) is 27.7 Å². The maximum atomic E-state index is 12.5. The average Bonchev–Trinajstić information content (AvgIpc) is 3.00. The zero-order valence-corrected chi connectivity index (χ0v) is 13.8. The topological polar surface area (TPSA) is 38.8 Å². The second-order valence-corrected chi connectivity index (χ2v) is 5.71. The highest BCUT2D eigenvalue weighted by atomic mass is 16.7. The van der Waals surface area contributed by atoms with Crippen molar-refractivity contribution in [2.45, 2.75) is 52.6 Å². The molecule has 0 saturated heterocycles. The molecule has 0 N–H and O–H groups in total. The second-order valence-electron chi connectivity index (χ2n) is 5.71. The number of carbonyl (C=O) groups is 1. The van der Waals surface area contributed by atoms with Gasteiger partial charge in [-0.3, -0.25) is 4.79 Å². The average molecular weight is 303 g/mol. The highest BCUT2D eigenvalue weighted by Gasteiger charge is 2.21. The molecule has 2 unspecified atom stereocenters. The molecule has 4 heteroatoms. The number of benzene rings is 1. The van der Waals surface area contributed by atoms with Gasteiger partial charge in [0.2, 0.25) is 12.7 Å². The fourth-order valence-electron chi connectivity index (χ4n) is 2.53. The maximum absolute atomic E-state index is 12.5. The van der Waals surface area contributed by atoms with Gasteiger partial charge < -0.3 is 14.4 Å². The number of nitrogens with zero attached hydrogens (tertiary/aromatic N) is 1. The monoisotopic (exact) mass is 303 g/mol. The van der Waals surface area contributed by atoms with Crippen molar-refractivity contribution in [3.05, 3.63) is 29.8 Å². The van der Waals surface area contributed by atoms with Gasteiger partial charge in [0.1, 0.15) is 0 Å². The Bertz CT molecular complexity index is 543. The Labute approximate surface area is 132 Å². The Morgan fingerprint density at radius 1 is 1.18 bits per heavy atom. The summed E-state index contributed by atoms with van der Waals surface area (Å²) < 4.78 is 10.6. The van der Waals surface area contributed by atoms with Gasteiger partial charge in [0.05, 0.1) is 0 Å². The predicted octanol–water partition coefficient (Wildman–Crippen LogP) is 3.85. The SMILES string of the molecule is CCC(C)N(C(=O)/C=C/c1ccc2c(c1)OCO2)C(C)CC. The van der Waals surface area contributed by atoms with E-state index in [1.165, 1.54) is 0 Å². The van der Waals surface area contributed by atoms with Gasteiger partial charge in [-0.25, -0.2) is 0 Å². The molecule has 0 fully saturated rings. The van der Waals surface area contributed by atoms with Crippen molar-refractivity contribution in [2.24, 2.45) is 0 Å². The molecule has 22 heavy (non-hydrogen) atoms. The van der Waals surface area contributed by atoms with Gasteiger partial charge in [0.25, 0.3) is 0 Å². The van der Waals surface area contributed by atoms with Crippen molar-refractivity contribution in [1.29, 1.82) is 0 Å². The van der Waals surface area contributed by atoms with E-state index >= 15 is 0 Å². The summed E-state index contributed by atoms with van der Waals surface area (Å²) in [4.78, 5) is 14.5. The summed E-state index contributed by atoms with van der Waals surface area (Å²) >= 11 is 0. The van der Waals surface area contributed by atoms with E-state index < -0.39 is 0 Å². The summed E-state index contributed by atoms with van der Waals surface area (Å²) in [7, 11) is 0. The first-order valence-electron chi connectivity index (χ1n) is 7.96. The quantitative estimate of drug-likeness (QED) is 0.749. The van der Waals surface area contributed by atoms with Crippen LogP contribution in [0.2, 0.25) is 0 Å². The van der Waals surface area contributed by atoms with Crippen molar-refractivity contribution >= 4 is 12.0 Å². The lowest BCUT2D eigenvalue weighted by Crippen LogP contribution is -2.43. The van der Waals surface area contributed by atoms with Crippen LogP contribution in [-0.4, -0.2) is 29.7 Å². The van der Waals surface area contributed by atoms with E-state index in [1.54, 1.807) is 6.08 Å². The molecule has 1 aliphatic heterocycles. The van der Waals surface area contributed by atoms with Crippen LogP contribution in [0.1, 0.15) is 46.1 Å². The van der Waals surface area contributed by atoms with Gasteiger partial charge >= 0.3 is 0 Å². The van der Waals surface area contributed by atoms with Gasteiger partial charge in [-0.15, -0.1) is 0 Å². The van der Waals surface area contributed by atoms with Gasteiger partial charge in [-0.2, -0.15) is 0 Å². The smallest absolute Gasteiger partial charge is 0.247 e. The summed E-state index contributed by atoms with van der Waals surface area (Å²) in [5.74, 6) is 1.54. The third-order valence-electron chi connectivity index (χ3n) is 4.20. The highest BCUT2D eigenvalue weighted by molar-refractivity contribution is 5.92. The van der Waals surface area contributed by atoms with Crippen LogP contribution in [0, 0.1) is 0 Å². The van der Waals surface area contributed by atoms with E-state index in [4.69, 9.17) is 9.47 Å². The van der Waals surface area contributed by atoms with Gasteiger partial charge in [-0.05, 0) is 50.5 Å². The molecule has 4 nitrogen and oxygen atoms in total. The lowest BCUT2D eigenvalue weighted by molar-refractivity contribution is -0.130. The van der Waals surface area contributed by atoms with Crippen molar-refractivity contribution in [3.63, 3.8) is 0 Å². The Hall–Kier alpha value is -1.97. The Morgan fingerprint density at radius 2 is 1.82 bits per heavy atom. The summed E-state index contributed by atoms with van der Waals surface area (Å²) in [5.41, 5.74) is 0.936. The molecule has 0 radical (unpaired) electrons. The summed E-state index contributed by atoms with van der Waals surface area (Å²) in [6.07, 6.45) is 5.39. The third kappa shape index (κ3) is 3.62. The Kier molecular flexibility index (Phi) is 5.47. The number of amides is 1. The number of hydrogen-bond donors (Lipinski definition) is 0. The van der Waals surface area contributed by atoms with E-state index in [9.17, 15) is 4.79 Å². The van der Waals surface area contributed by atoms with Crippen LogP contribution in [0.4, 0.5) is 0 Å². The van der Waals surface area contributed by atoms with Gasteiger partial charge in [0.15, 0.2) is 11.5 Å². The number of ether oxygens (including phenoxy) is 2. The maximum Gasteiger partial charge on any atom is 0.247 e. The van der Waals surface area contributed by atoms with Crippen LogP contribution in [0.5, 0.6) is 11.5 Å². The molecule has 1 heterocycles. The number of carbonyl (C=O) groups excluding carboxylic acids is 1. The van der Waals surface area contributed by atoms with E-state index in [0.29, 0.717) is 0 Å². The van der Waals surface area contributed by atoms with Crippen molar-refractivity contribution in [3.8, 4) is 11.5 Å². The molecule has 1 aromatic rings. The van der Waals surface area contributed by atoms with Crippen LogP contribution >= 0.6 is 0 Å². The first kappa shape index (κ1) is 16.4. The van der Waals surface area contributed by atoms with Crippen LogP contribution < -0.4 is 9.47 Å². The molecule has 1 amide bonds. The third-order valence-corrected chi connectivity index (χ3v) is 4.20. The lowest BCUT2D eigenvalue weighted by Gasteiger charge is -2.33. The molecule has 2 atom stereocenters. The molecule has 0 spiro atoms. The standard InChI is InChI=1S/C18H25NO3/c1-5-13(3)19(14(4)6-2)18(20)10-8-15-7-9-16-17(11-15)22-12-21-16/h7-11,13-14H,5-6,12H2,1-4H3/b10-8+. The zero-order valence-electron chi connectivity index (χ0n) is 13.8. The van der Waals surface area contributed by atoms with Crippen LogP contribution in [0.15, 0.2) is 24.3 Å². The fourth-order valence-corrected chi connectivity index (χ4v) is 2.53. The molecule has 1 aliphatic rings. The normalized spacial score (nSPS) is 15.8. The number of rotatable bonds is 6. The first-order chi connectivity index (χ1) is 10.6. The molecular formula is C18H25NO3. The van der Waals surface area contributed by atoms with Gasteiger partial charge in [-0.1, -0.05) is 19.9 Å². The fraction of sp³-hybridized carbons (Fsp3) is 0.500. The van der Waals surface area contributed by atoms with E-state index in [-0.39, 0.29) is 24.8 Å². The molecule has 0 aliphatic carbocycles. The molecule has 2 rings (SSSR count). The first-order valence-corrected chi connectivity index (χ1v) is 7.96. The van der Waals surface area contributed by atoms with Crippen LogP contribution in [-0.2, 0) is 4.79 Å². The second kappa shape index (κ2) is 7.34.